The van der Waals surface area contributed by atoms with Crippen LogP contribution in [0.1, 0.15) is 64.2 Å². The quantitative estimate of drug-likeness (QED) is 0.699. The molecule has 0 heterocycles. The summed E-state index contributed by atoms with van der Waals surface area (Å²) in [6.45, 7) is 12.6. The Balaban J connectivity index is 2.63. The highest BCUT2D eigenvalue weighted by atomic mass is 16.5. The molecule has 0 saturated carbocycles. The molecule has 20 heavy (non-hydrogen) atoms. The van der Waals surface area contributed by atoms with Crippen LogP contribution in [-0.4, -0.2) is 18.7 Å². The molecule has 0 aliphatic heterocycles. The fraction of sp³-hybridized carbons (Fsp3) is 0.667. The van der Waals surface area contributed by atoms with Gasteiger partial charge in [0.05, 0.1) is 6.10 Å². The molecule has 0 aliphatic carbocycles. The fourth-order valence-corrected chi connectivity index (χ4v) is 2.12. The van der Waals surface area contributed by atoms with Crippen molar-refractivity contribution in [3.05, 3.63) is 35.4 Å². The second kappa shape index (κ2) is 8.43. The van der Waals surface area contributed by atoms with Crippen molar-refractivity contribution >= 4 is 0 Å². The molecule has 0 spiro atoms. The number of benzene rings is 1. The van der Waals surface area contributed by atoms with E-state index >= 15 is 0 Å². The third kappa shape index (κ3) is 7.06. The van der Waals surface area contributed by atoms with Crippen molar-refractivity contribution in [2.75, 3.05) is 13.2 Å². The third-order valence-corrected chi connectivity index (χ3v) is 3.30. The lowest BCUT2D eigenvalue weighted by atomic mass is 10.0. The Morgan fingerprint density at radius 2 is 1.95 bits per heavy atom. The molecule has 114 valence electrons. The zero-order valence-corrected chi connectivity index (χ0v) is 13.8. The Morgan fingerprint density at radius 3 is 2.55 bits per heavy atom. The normalized spacial score (nSPS) is 13.4. The van der Waals surface area contributed by atoms with Crippen molar-refractivity contribution in [2.45, 2.75) is 65.5 Å². The number of aryl methyl sites for hydroxylation is 1. The highest BCUT2D eigenvalue weighted by molar-refractivity contribution is 5.24. The van der Waals surface area contributed by atoms with E-state index in [1.165, 1.54) is 24.0 Å². The van der Waals surface area contributed by atoms with Crippen molar-refractivity contribution in [3.8, 4) is 0 Å². The molecule has 0 aliphatic rings. The van der Waals surface area contributed by atoms with Crippen LogP contribution in [0.2, 0.25) is 0 Å². The Hall–Kier alpha value is -0.860. The number of hydrogen-bond donors (Lipinski definition) is 1. The van der Waals surface area contributed by atoms with Gasteiger partial charge in [-0.05, 0) is 39.7 Å². The third-order valence-electron chi connectivity index (χ3n) is 3.30. The first-order valence-corrected chi connectivity index (χ1v) is 7.85. The molecule has 1 N–H and O–H groups in total. The molecule has 1 aromatic carbocycles. The van der Waals surface area contributed by atoms with Crippen LogP contribution in [0.3, 0.4) is 0 Å². The number of unbranched alkanes of at least 4 members (excludes halogenated alkanes) is 2. The first-order valence-electron chi connectivity index (χ1n) is 7.85. The lowest BCUT2D eigenvalue weighted by molar-refractivity contribution is 0.0458. The van der Waals surface area contributed by atoms with Gasteiger partial charge in [0, 0.05) is 18.7 Å². The van der Waals surface area contributed by atoms with Crippen LogP contribution in [-0.2, 0) is 4.74 Å². The molecule has 2 nitrogen and oxygen atoms in total. The monoisotopic (exact) mass is 277 g/mol. The maximum atomic E-state index is 6.12. The SMILES string of the molecule is CCCCCOC(CNC(C)(C)C)c1cccc(C)c1. The number of ether oxygens (including phenoxy) is 1. The molecular weight excluding hydrogens is 246 g/mol. The van der Waals surface area contributed by atoms with Crippen molar-refractivity contribution in [1.29, 1.82) is 0 Å². The average Bonchev–Trinajstić information content (AvgIpc) is 2.36. The molecule has 0 radical (unpaired) electrons. The lowest BCUT2D eigenvalue weighted by Crippen LogP contribution is -2.39. The Kier molecular flexibility index (Phi) is 7.25. The zero-order chi connectivity index (χ0) is 15.0. The molecule has 1 aromatic rings. The molecule has 0 amide bonds. The largest absolute Gasteiger partial charge is 0.372 e. The molecular formula is C18H31NO. The fourth-order valence-electron chi connectivity index (χ4n) is 2.12. The van der Waals surface area contributed by atoms with Gasteiger partial charge in [0.15, 0.2) is 0 Å². The maximum Gasteiger partial charge on any atom is 0.0949 e. The van der Waals surface area contributed by atoms with Gasteiger partial charge in [-0.15, -0.1) is 0 Å². The maximum absolute atomic E-state index is 6.12. The van der Waals surface area contributed by atoms with Crippen LogP contribution in [0.15, 0.2) is 24.3 Å². The Morgan fingerprint density at radius 1 is 1.20 bits per heavy atom. The molecule has 2 heteroatoms. The van der Waals surface area contributed by atoms with E-state index in [1.54, 1.807) is 0 Å². The summed E-state index contributed by atoms with van der Waals surface area (Å²) >= 11 is 0. The van der Waals surface area contributed by atoms with E-state index in [9.17, 15) is 0 Å². The molecule has 0 bridgehead atoms. The summed E-state index contributed by atoms with van der Waals surface area (Å²) in [7, 11) is 0. The van der Waals surface area contributed by atoms with Gasteiger partial charge in [-0.2, -0.15) is 0 Å². The first kappa shape index (κ1) is 17.2. The Bertz CT molecular complexity index is 381. The highest BCUT2D eigenvalue weighted by Crippen LogP contribution is 2.19. The summed E-state index contributed by atoms with van der Waals surface area (Å²) in [5, 5.41) is 3.56. The van der Waals surface area contributed by atoms with Gasteiger partial charge < -0.3 is 10.1 Å². The molecule has 1 unspecified atom stereocenters. The predicted molar refractivity (Wildman–Crippen MR) is 87.2 cm³/mol. The number of nitrogens with one attached hydrogen (secondary N) is 1. The van der Waals surface area contributed by atoms with Gasteiger partial charge in [-0.25, -0.2) is 0 Å². The summed E-state index contributed by atoms with van der Waals surface area (Å²) in [6.07, 6.45) is 3.77. The van der Waals surface area contributed by atoms with E-state index in [-0.39, 0.29) is 11.6 Å². The van der Waals surface area contributed by atoms with Crippen molar-refractivity contribution in [2.24, 2.45) is 0 Å². The van der Waals surface area contributed by atoms with Gasteiger partial charge in [0.1, 0.15) is 0 Å². The van der Waals surface area contributed by atoms with Crippen molar-refractivity contribution in [1.82, 2.24) is 5.32 Å². The van der Waals surface area contributed by atoms with Crippen LogP contribution in [0, 0.1) is 6.92 Å². The van der Waals surface area contributed by atoms with E-state index < -0.39 is 0 Å². The molecule has 0 aromatic heterocycles. The second-order valence-electron chi connectivity index (χ2n) is 6.61. The van der Waals surface area contributed by atoms with Crippen LogP contribution < -0.4 is 5.32 Å². The van der Waals surface area contributed by atoms with E-state index in [0.717, 1.165) is 19.6 Å². The summed E-state index contributed by atoms with van der Waals surface area (Å²) < 4.78 is 6.12. The topological polar surface area (TPSA) is 21.3 Å². The van der Waals surface area contributed by atoms with Crippen molar-refractivity contribution < 1.29 is 4.74 Å². The summed E-state index contributed by atoms with van der Waals surface area (Å²) in [4.78, 5) is 0. The average molecular weight is 277 g/mol. The summed E-state index contributed by atoms with van der Waals surface area (Å²) in [5.74, 6) is 0. The van der Waals surface area contributed by atoms with Gasteiger partial charge in [0.2, 0.25) is 0 Å². The standard InChI is InChI=1S/C18H31NO/c1-6-7-8-12-20-17(14-19-18(3,4)5)16-11-9-10-15(2)13-16/h9-11,13,17,19H,6-8,12,14H2,1-5H3. The zero-order valence-electron chi connectivity index (χ0n) is 13.8. The minimum atomic E-state index is 0.120. The number of hydrogen-bond acceptors (Lipinski definition) is 2. The van der Waals surface area contributed by atoms with Gasteiger partial charge in [-0.1, -0.05) is 49.6 Å². The molecule has 1 atom stereocenters. The minimum absolute atomic E-state index is 0.120. The smallest absolute Gasteiger partial charge is 0.0949 e. The second-order valence-corrected chi connectivity index (χ2v) is 6.61. The van der Waals surface area contributed by atoms with Crippen LogP contribution in [0.5, 0.6) is 0 Å². The number of rotatable bonds is 8. The van der Waals surface area contributed by atoms with Crippen molar-refractivity contribution in [3.63, 3.8) is 0 Å². The van der Waals surface area contributed by atoms with Gasteiger partial charge in [-0.3, -0.25) is 0 Å². The predicted octanol–water partition coefficient (Wildman–Crippen LogP) is 4.63. The molecule has 0 fully saturated rings. The first-order chi connectivity index (χ1) is 9.42. The van der Waals surface area contributed by atoms with Gasteiger partial charge >= 0.3 is 0 Å². The van der Waals surface area contributed by atoms with E-state index in [2.05, 4.69) is 64.2 Å². The summed E-state index contributed by atoms with van der Waals surface area (Å²) in [6, 6.07) is 8.65. The minimum Gasteiger partial charge on any atom is -0.372 e. The van der Waals surface area contributed by atoms with Crippen LogP contribution in [0.25, 0.3) is 0 Å². The van der Waals surface area contributed by atoms with Crippen LogP contribution >= 0.6 is 0 Å². The van der Waals surface area contributed by atoms with Gasteiger partial charge in [0.25, 0.3) is 0 Å². The highest BCUT2D eigenvalue weighted by Gasteiger charge is 2.16. The molecule has 0 saturated heterocycles. The lowest BCUT2D eigenvalue weighted by Gasteiger charge is -2.26. The molecule has 1 rings (SSSR count). The summed E-state index contributed by atoms with van der Waals surface area (Å²) in [5.41, 5.74) is 2.69. The van der Waals surface area contributed by atoms with E-state index in [4.69, 9.17) is 4.74 Å². The van der Waals surface area contributed by atoms with E-state index in [0.29, 0.717) is 0 Å². The van der Waals surface area contributed by atoms with E-state index in [1.807, 2.05) is 0 Å². The Labute approximate surface area is 124 Å². The van der Waals surface area contributed by atoms with Crippen LogP contribution in [0.4, 0.5) is 0 Å².